The predicted octanol–water partition coefficient (Wildman–Crippen LogP) is 2.98. The monoisotopic (exact) mass is 180 g/mol. The molecular weight excluding hydrogens is 167 g/mol. The molecular formula is C9H13Co. The van der Waals surface area contributed by atoms with E-state index in [4.69, 9.17) is 0 Å². The second-order valence-corrected chi connectivity index (χ2v) is 1.89. The molecule has 0 saturated heterocycles. The van der Waals surface area contributed by atoms with Gasteiger partial charge in [-0.05, 0) is 0 Å². The molecule has 0 nitrogen and oxygen atoms in total. The van der Waals surface area contributed by atoms with Crippen LogP contribution >= 0.6 is 0 Å². The van der Waals surface area contributed by atoms with Gasteiger partial charge in [0.1, 0.15) is 0 Å². The fraction of sp³-hybridized carbons (Fsp3) is 0.111. The zero-order chi connectivity index (χ0) is 8.41. The summed E-state index contributed by atoms with van der Waals surface area (Å²) in [5.74, 6) is 0. The molecule has 58 valence electrons. The summed E-state index contributed by atoms with van der Waals surface area (Å²) >= 11 is 4.14. The van der Waals surface area contributed by atoms with E-state index < -0.39 is 0 Å². The zero-order valence-electron chi connectivity index (χ0n) is 6.10. The molecule has 0 saturated carbocycles. The van der Waals surface area contributed by atoms with Gasteiger partial charge >= 0.3 is 44.9 Å². The molecule has 1 aliphatic carbocycles. The molecule has 1 aliphatic rings. The minimum atomic E-state index is 1.03. The Kier molecular flexibility index (Phi) is 13.7. The van der Waals surface area contributed by atoms with Gasteiger partial charge in [0.05, 0.1) is 0 Å². The van der Waals surface area contributed by atoms with Crippen LogP contribution in [0.5, 0.6) is 0 Å². The molecule has 0 aromatic carbocycles. The molecule has 0 aromatic heterocycles. The summed E-state index contributed by atoms with van der Waals surface area (Å²) in [5.41, 5.74) is 0. The van der Waals surface area contributed by atoms with Crippen molar-refractivity contribution in [2.45, 2.75) is 6.42 Å². The first-order chi connectivity index (χ1) is 4.89. The van der Waals surface area contributed by atoms with Gasteiger partial charge in [-0.3, -0.25) is 0 Å². The second kappa shape index (κ2) is 11.3. The maximum atomic E-state index is 4.14. The third kappa shape index (κ3) is 7.47. The van der Waals surface area contributed by atoms with Crippen LogP contribution in [0.15, 0.2) is 49.1 Å². The van der Waals surface area contributed by atoms with E-state index in [2.05, 4.69) is 48.1 Å². The van der Waals surface area contributed by atoms with Crippen LogP contribution in [0, 0.1) is 0 Å². The number of allylic oxidation sites excluding steroid dienone is 4. The molecule has 0 bridgehead atoms. The Labute approximate surface area is 71.6 Å². The van der Waals surface area contributed by atoms with Gasteiger partial charge in [-0.15, -0.1) is 26.3 Å². The zero-order valence-corrected chi connectivity index (χ0v) is 7.14. The molecule has 1 heteroatoms. The first kappa shape index (κ1) is 12.2. The molecule has 0 atom stereocenters. The van der Waals surface area contributed by atoms with Crippen molar-refractivity contribution in [2.75, 3.05) is 0 Å². The van der Waals surface area contributed by atoms with E-state index in [1.54, 1.807) is 0 Å². The van der Waals surface area contributed by atoms with Crippen LogP contribution in [0.2, 0.25) is 0 Å². The van der Waals surface area contributed by atoms with Crippen LogP contribution in [0.3, 0.4) is 0 Å². The van der Waals surface area contributed by atoms with Gasteiger partial charge in [-0.2, -0.15) is 0 Å². The van der Waals surface area contributed by atoms with E-state index in [1.165, 1.54) is 0 Å². The van der Waals surface area contributed by atoms with E-state index in [0.717, 1.165) is 10.9 Å². The Morgan fingerprint density at radius 2 is 1.70 bits per heavy atom. The SMILES string of the molecule is C=C.C=C.[Co][C]1=CC=CC1. The molecule has 0 N–H and O–H groups in total. The van der Waals surface area contributed by atoms with Crippen molar-refractivity contribution in [3.63, 3.8) is 0 Å². The molecule has 0 amide bonds. The van der Waals surface area contributed by atoms with Gasteiger partial charge in [0, 0.05) is 0 Å². The van der Waals surface area contributed by atoms with Crippen molar-refractivity contribution in [3.8, 4) is 0 Å². The van der Waals surface area contributed by atoms with E-state index in [1.807, 2.05) is 12.2 Å². The Balaban J connectivity index is 0. The summed E-state index contributed by atoms with van der Waals surface area (Å²) in [6, 6.07) is 0. The summed E-state index contributed by atoms with van der Waals surface area (Å²) in [4.78, 5) is 0. The molecule has 0 aliphatic heterocycles. The second-order valence-electron chi connectivity index (χ2n) is 1.22. The molecule has 0 fully saturated rings. The summed E-state index contributed by atoms with van der Waals surface area (Å²) < 4.78 is 1.16. The van der Waals surface area contributed by atoms with Crippen molar-refractivity contribution in [1.82, 2.24) is 0 Å². The van der Waals surface area contributed by atoms with Crippen LogP contribution in [0.25, 0.3) is 0 Å². The minimum absolute atomic E-state index is 1.03. The van der Waals surface area contributed by atoms with Gasteiger partial charge in [-0.1, -0.05) is 0 Å². The summed E-state index contributed by atoms with van der Waals surface area (Å²) in [6.07, 6.45) is 7.13. The van der Waals surface area contributed by atoms with E-state index >= 15 is 0 Å². The van der Waals surface area contributed by atoms with Crippen molar-refractivity contribution < 1.29 is 15.7 Å². The van der Waals surface area contributed by atoms with Crippen LogP contribution < -0.4 is 0 Å². The van der Waals surface area contributed by atoms with Gasteiger partial charge in [0.2, 0.25) is 0 Å². The maximum absolute atomic E-state index is 4.14. The quantitative estimate of drug-likeness (QED) is 0.502. The average molecular weight is 180 g/mol. The van der Waals surface area contributed by atoms with Crippen molar-refractivity contribution in [1.29, 1.82) is 0 Å². The third-order valence-corrected chi connectivity index (χ3v) is 1.10. The molecule has 0 unspecified atom stereocenters. The number of hydrogen-bond acceptors (Lipinski definition) is 0. The van der Waals surface area contributed by atoms with E-state index in [0.29, 0.717) is 0 Å². The van der Waals surface area contributed by atoms with Gasteiger partial charge in [-0.25, -0.2) is 0 Å². The fourth-order valence-corrected chi connectivity index (χ4v) is 0.634. The molecule has 10 heavy (non-hydrogen) atoms. The molecule has 0 heterocycles. The third-order valence-electron chi connectivity index (χ3n) is 0.709. The van der Waals surface area contributed by atoms with Crippen LogP contribution in [0.1, 0.15) is 6.42 Å². The summed E-state index contributed by atoms with van der Waals surface area (Å²) in [7, 11) is 0. The molecule has 0 spiro atoms. The van der Waals surface area contributed by atoms with Crippen LogP contribution in [0.4, 0.5) is 0 Å². The van der Waals surface area contributed by atoms with Crippen molar-refractivity contribution >= 4 is 0 Å². The normalized spacial score (nSPS) is 12.0. The Bertz CT molecular complexity index is 121. The van der Waals surface area contributed by atoms with Crippen molar-refractivity contribution in [3.05, 3.63) is 49.1 Å². The van der Waals surface area contributed by atoms with Gasteiger partial charge in [0.15, 0.2) is 0 Å². The first-order valence-corrected chi connectivity index (χ1v) is 3.40. The number of rotatable bonds is 0. The van der Waals surface area contributed by atoms with E-state index in [9.17, 15) is 0 Å². The first-order valence-electron chi connectivity index (χ1n) is 2.88. The molecule has 1 rings (SSSR count). The summed E-state index contributed by atoms with van der Waals surface area (Å²) in [5, 5.41) is 0. The standard InChI is InChI=1S/C5H5.2C2H4.Co/c1-2-4-5-3-1;2*1-2;/h1-3H,4H2;2*1-2H2;. The Morgan fingerprint density at radius 3 is 1.80 bits per heavy atom. The Hall–Kier alpha value is -0.534. The van der Waals surface area contributed by atoms with Crippen molar-refractivity contribution in [2.24, 2.45) is 0 Å². The van der Waals surface area contributed by atoms with Crippen LogP contribution in [-0.2, 0) is 15.7 Å². The van der Waals surface area contributed by atoms with Crippen LogP contribution in [-0.4, -0.2) is 0 Å². The molecule has 0 aromatic rings. The van der Waals surface area contributed by atoms with E-state index in [-0.39, 0.29) is 0 Å². The topological polar surface area (TPSA) is 0 Å². The number of hydrogen-bond donors (Lipinski definition) is 0. The van der Waals surface area contributed by atoms with Gasteiger partial charge < -0.3 is 0 Å². The van der Waals surface area contributed by atoms with Gasteiger partial charge in [0.25, 0.3) is 0 Å². The fourth-order valence-electron chi connectivity index (χ4n) is 0.412. The molecule has 0 radical (unpaired) electrons. The predicted molar refractivity (Wildman–Crippen MR) is 44.3 cm³/mol. The summed E-state index contributed by atoms with van der Waals surface area (Å²) in [6.45, 7) is 12.0. The Morgan fingerprint density at radius 1 is 1.20 bits per heavy atom. The average Bonchev–Trinajstić information content (AvgIpc) is 2.48.